The van der Waals surface area contributed by atoms with Crippen molar-refractivity contribution in [1.29, 1.82) is 5.26 Å². The zero-order chi connectivity index (χ0) is 17.3. The number of anilines is 1. The monoisotopic (exact) mass is 338 g/mol. The molecule has 1 aliphatic carbocycles. The van der Waals surface area contributed by atoms with Crippen LogP contribution in [0, 0.1) is 17.2 Å². The Labute approximate surface area is 147 Å². The fourth-order valence-corrected chi connectivity index (χ4v) is 4.13. The average molecular weight is 338 g/mol. The standard InChI is InChI=1S/C18H22N6O/c19-13-14-16(25)21-17(22-18(14)6-2-3-7-18)24-11-9-23(10-12-24)15-5-1-4-8-20-15/h1,4-5,8,14H,2-3,6-7,9-12H2,(H,21,22,25)/t14-/m1/s1. The third kappa shape index (κ3) is 2.82. The average Bonchev–Trinajstić information content (AvgIpc) is 3.11. The van der Waals surface area contributed by atoms with E-state index >= 15 is 0 Å². The molecule has 0 bridgehead atoms. The fourth-order valence-electron chi connectivity index (χ4n) is 4.13. The Morgan fingerprint density at radius 3 is 2.52 bits per heavy atom. The first-order valence-electron chi connectivity index (χ1n) is 8.93. The second kappa shape index (κ2) is 6.36. The van der Waals surface area contributed by atoms with Gasteiger partial charge >= 0.3 is 0 Å². The Hall–Kier alpha value is -2.62. The van der Waals surface area contributed by atoms with Crippen LogP contribution in [0.15, 0.2) is 29.4 Å². The number of aliphatic imine (C=N–C) groups is 1. The summed E-state index contributed by atoms with van der Waals surface area (Å²) in [6, 6.07) is 8.11. The molecule has 25 heavy (non-hydrogen) atoms. The van der Waals surface area contributed by atoms with Gasteiger partial charge in [0.05, 0.1) is 11.6 Å². The van der Waals surface area contributed by atoms with Crippen molar-refractivity contribution >= 4 is 17.7 Å². The van der Waals surface area contributed by atoms with E-state index in [9.17, 15) is 10.1 Å². The number of carbonyl (C=O) groups excluding carboxylic acids is 1. The van der Waals surface area contributed by atoms with E-state index in [4.69, 9.17) is 4.99 Å². The number of amides is 1. The van der Waals surface area contributed by atoms with Crippen LogP contribution in [0.2, 0.25) is 0 Å². The van der Waals surface area contributed by atoms with E-state index in [1.807, 2.05) is 18.2 Å². The van der Waals surface area contributed by atoms with Gasteiger partial charge in [-0.05, 0) is 25.0 Å². The van der Waals surface area contributed by atoms with Gasteiger partial charge in [0.15, 0.2) is 5.92 Å². The molecule has 1 saturated heterocycles. The normalized spacial score (nSPS) is 25.5. The van der Waals surface area contributed by atoms with E-state index in [0.29, 0.717) is 5.96 Å². The summed E-state index contributed by atoms with van der Waals surface area (Å²) in [6.45, 7) is 3.23. The lowest BCUT2D eigenvalue weighted by atomic mass is 9.82. The van der Waals surface area contributed by atoms with Crippen LogP contribution in [-0.2, 0) is 4.79 Å². The first kappa shape index (κ1) is 15.9. The lowest BCUT2D eigenvalue weighted by molar-refractivity contribution is -0.124. The topological polar surface area (TPSA) is 84.6 Å². The van der Waals surface area contributed by atoms with Crippen LogP contribution < -0.4 is 10.2 Å². The molecule has 1 saturated carbocycles. The van der Waals surface area contributed by atoms with Gasteiger partial charge in [0.1, 0.15) is 5.82 Å². The van der Waals surface area contributed by atoms with Crippen LogP contribution in [0.25, 0.3) is 0 Å². The van der Waals surface area contributed by atoms with E-state index in [0.717, 1.165) is 57.7 Å². The molecular weight excluding hydrogens is 316 g/mol. The molecule has 4 rings (SSSR count). The lowest BCUT2D eigenvalue weighted by Crippen LogP contribution is -2.59. The summed E-state index contributed by atoms with van der Waals surface area (Å²) < 4.78 is 0. The molecular formula is C18H22N6O. The Bertz CT molecular complexity index is 711. The minimum Gasteiger partial charge on any atom is -0.353 e. The predicted octanol–water partition coefficient (Wildman–Crippen LogP) is 1.14. The van der Waals surface area contributed by atoms with Crippen molar-refractivity contribution in [3.05, 3.63) is 24.4 Å². The number of nitriles is 1. The van der Waals surface area contributed by atoms with Crippen molar-refractivity contribution in [2.75, 3.05) is 31.1 Å². The summed E-state index contributed by atoms with van der Waals surface area (Å²) in [5.74, 6) is 0.780. The van der Waals surface area contributed by atoms with Crippen LogP contribution in [0.1, 0.15) is 25.7 Å². The zero-order valence-corrected chi connectivity index (χ0v) is 14.2. The molecule has 2 aliphatic heterocycles. The molecule has 2 fully saturated rings. The molecule has 1 amide bonds. The number of hydrogen-bond acceptors (Lipinski definition) is 6. The van der Waals surface area contributed by atoms with Crippen molar-refractivity contribution in [1.82, 2.24) is 15.2 Å². The molecule has 1 atom stereocenters. The molecule has 0 aromatic carbocycles. The van der Waals surface area contributed by atoms with Crippen LogP contribution in [0.4, 0.5) is 5.82 Å². The number of hydrogen-bond donors (Lipinski definition) is 1. The second-order valence-electron chi connectivity index (χ2n) is 6.96. The van der Waals surface area contributed by atoms with Crippen molar-refractivity contribution in [3.63, 3.8) is 0 Å². The number of pyridine rings is 1. The van der Waals surface area contributed by atoms with Gasteiger partial charge < -0.3 is 9.80 Å². The van der Waals surface area contributed by atoms with Gasteiger partial charge in [-0.25, -0.2) is 9.98 Å². The van der Waals surface area contributed by atoms with Crippen LogP contribution in [0.5, 0.6) is 0 Å². The molecule has 7 nitrogen and oxygen atoms in total. The molecule has 1 N–H and O–H groups in total. The lowest BCUT2D eigenvalue weighted by Gasteiger charge is -2.41. The highest BCUT2D eigenvalue weighted by atomic mass is 16.2. The quantitative estimate of drug-likeness (QED) is 0.830. The van der Waals surface area contributed by atoms with Gasteiger partial charge in [-0.1, -0.05) is 18.9 Å². The smallest absolute Gasteiger partial charge is 0.246 e. The number of rotatable bonds is 1. The number of nitrogens with one attached hydrogen (secondary N) is 1. The van der Waals surface area contributed by atoms with Crippen molar-refractivity contribution in [2.45, 2.75) is 31.2 Å². The van der Waals surface area contributed by atoms with E-state index < -0.39 is 11.5 Å². The van der Waals surface area contributed by atoms with E-state index in [1.165, 1.54) is 0 Å². The van der Waals surface area contributed by atoms with Crippen molar-refractivity contribution in [3.8, 4) is 6.07 Å². The maximum absolute atomic E-state index is 12.5. The van der Waals surface area contributed by atoms with Gasteiger partial charge in [0.25, 0.3) is 0 Å². The summed E-state index contributed by atoms with van der Waals surface area (Å²) in [5, 5.41) is 12.3. The minimum atomic E-state index is -0.659. The van der Waals surface area contributed by atoms with E-state index in [-0.39, 0.29) is 5.91 Å². The SMILES string of the molecule is N#C[C@@H]1C(=O)NC(N2CCN(c3ccccn3)CC2)=NC12CCCC2. The van der Waals surface area contributed by atoms with Gasteiger partial charge in [-0.3, -0.25) is 10.1 Å². The van der Waals surface area contributed by atoms with Crippen LogP contribution in [-0.4, -0.2) is 53.5 Å². The minimum absolute atomic E-state index is 0.193. The molecule has 1 aromatic heterocycles. The summed E-state index contributed by atoms with van der Waals surface area (Å²) in [6.07, 6.45) is 5.54. The molecule has 7 heteroatoms. The highest BCUT2D eigenvalue weighted by Crippen LogP contribution is 2.41. The molecule has 130 valence electrons. The summed E-state index contributed by atoms with van der Waals surface area (Å²) in [7, 11) is 0. The largest absolute Gasteiger partial charge is 0.353 e. The number of piperazine rings is 1. The Morgan fingerprint density at radius 1 is 1.16 bits per heavy atom. The zero-order valence-electron chi connectivity index (χ0n) is 14.2. The maximum Gasteiger partial charge on any atom is 0.246 e. The summed E-state index contributed by atoms with van der Waals surface area (Å²) >= 11 is 0. The van der Waals surface area contributed by atoms with Gasteiger partial charge in [0.2, 0.25) is 11.9 Å². The Morgan fingerprint density at radius 2 is 1.88 bits per heavy atom. The Balaban J connectivity index is 1.50. The molecule has 3 aliphatic rings. The first-order chi connectivity index (χ1) is 12.2. The molecule has 0 unspecified atom stereocenters. The van der Waals surface area contributed by atoms with Crippen LogP contribution >= 0.6 is 0 Å². The van der Waals surface area contributed by atoms with E-state index in [1.54, 1.807) is 6.20 Å². The van der Waals surface area contributed by atoms with Gasteiger partial charge in [-0.15, -0.1) is 0 Å². The first-order valence-corrected chi connectivity index (χ1v) is 8.93. The number of nitrogens with zero attached hydrogens (tertiary/aromatic N) is 5. The molecule has 0 radical (unpaired) electrons. The third-order valence-electron chi connectivity index (χ3n) is 5.51. The van der Waals surface area contributed by atoms with E-state index in [2.05, 4.69) is 26.2 Å². The molecule has 3 heterocycles. The third-order valence-corrected chi connectivity index (χ3v) is 5.51. The highest BCUT2D eigenvalue weighted by Gasteiger charge is 2.49. The second-order valence-corrected chi connectivity index (χ2v) is 6.96. The van der Waals surface area contributed by atoms with Gasteiger partial charge in [-0.2, -0.15) is 5.26 Å². The number of carbonyl (C=O) groups is 1. The highest BCUT2D eigenvalue weighted by molar-refractivity contribution is 6.02. The van der Waals surface area contributed by atoms with Crippen molar-refractivity contribution in [2.24, 2.45) is 10.9 Å². The number of aromatic nitrogens is 1. The number of guanidine groups is 1. The van der Waals surface area contributed by atoms with Crippen LogP contribution in [0.3, 0.4) is 0 Å². The Kier molecular flexibility index (Phi) is 4.04. The summed E-state index contributed by atoms with van der Waals surface area (Å²) in [4.78, 5) is 26.1. The predicted molar refractivity (Wildman–Crippen MR) is 93.9 cm³/mol. The maximum atomic E-state index is 12.5. The van der Waals surface area contributed by atoms with Gasteiger partial charge in [0, 0.05) is 32.4 Å². The fraction of sp³-hybridized carbons (Fsp3) is 0.556. The van der Waals surface area contributed by atoms with Crippen molar-refractivity contribution < 1.29 is 4.79 Å². The molecule has 1 aromatic rings. The molecule has 1 spiro atoms. The summed E-state index contributed by atoms with van der Waals surface area (Å²) in [5.41, 5.74) is -0.509.